The van der Waals surface area contributed by atoms with E-state index < -0.39 is 6.04 Å². The van der Waals surface area contributed by atoms with Crippen LogP contribution in [-0.4, -0.2) is 23.0 Å². The quantitative estimate of drug-likeness (QED) is 0.857. The van der Waals surface area contributed by atoms with Crippen LogP contribution in [0.5, 0.6) is 0 Å². The molecule has 0 spiro atoms. The average Bonchev–Trinajstić information content (AvgIpc) is 3.15. The fourth-order valence-electron chi connectivity index (χ4n) is 1.95. The second kappa shape index (κ2) is 7.22. The Kier molecular flexibility index (Phi) is 5.32. The van der Waals surface area contributed by atoms with Crippen LogP contribution in [0.2, 0.25) is 0 Å². The first-order chi connectivity index (χ1) is 10.5. The number of hydrogen-bond acceptors (Lipinski definition) is 5. The van der Waals surface area contributed by atoms with E-state index in [0.29, 0.717) is 16.5 Å². The van der Waals surface area contributed by atoms with Crippen molar-refractivity contribution in [1.82, 2.24) is 10.5 Å². The average molecular weight is 321 g/mol. The van der Waals surface area contributed by atoms with Gasteiger partial charge < -0.3 is 15.2 Å². The molecular weight excluding hydrogens is 302 g/mol. The van der Waals surface area contributed by atoms with Crippen molar-refractivity contribution in [1.29, 1.82) is 0 Å². The molecule has 0 saturated carbocycles. The van der Waals surface area contributed by atoms with Gasteiger partial charge in [0.2, 0.25) is 5.91 Å². The Morgan fingerprint density at radius 2 is 2.23 bits per heavy atom. The van der Waals surface area contributed by atoms with Gasteiger partial charge in [-0.25, -0.2) is 0 Å². The maximum atomic E-state index is 12.4. The van der Waals surface area contributed by atoms with Crippen LogP contribution in [0.1, 0.15) is 35.7 Å². The van der Waals surface area contributed by atoms with E-state index in [1.807, 2.05) is 19.2 Å². The highest BCUT2D eigenvalue weighted by molar-refractivity contribution is 7.12. The number of nitrogens with zero attached hydrogens (tertiary/aromatic N) is 1. The summed E-state index contributed by atoms with van der Waals surface area (Å²) < 4.78 is 4.92. The first kappa shape index (κ1) is 16.2. The van der Waals surface area contributed by atoms with Gasteiger partial charge in [-0.3, -0.25) is 9.59 Å². The van der Waals surface area contributed by atoms with Crippen molar-refractivity contribution < 1.29 is 14.1 Å². The number of rotatable bonds is 6. The fraction of sp³-hybridized carbons (Fsp3) is 0.400. The summed E-state index contributed by atoms with van der Waals surface area (Å²) in [4.78, 5) is 25.2. The molecule has 6 nitrogen and oxygen atoms in total. The third kappa shape index (κ3) is 3.94. The lowest BCUT2D eigenvalue weighted by Gasteiger charge is -2.22. The van der Waals surface area contributed by atoms with Crippen molar-refractivity contribution in [3.05, 3.63) is 34.2 Å². The zero-order chi connectivity index (χ0) is 16.1. The number of carbonyl (C=O) groups excluding carboxylic acids is 2. The molecule has 7 heteroatoms. The lowest BCUT2D eigenvalue weighted by atomic mass is 9.98. The van der Waals surface area contributed by atoms with E-state index in [-0.39, 0.29) is 17.7 Å². The summed E-state index contributed by atoms with van der Waals surface area (Å²) in [5.74, 6) is 0.412. The Morgan fingerprint density at radius 3 is 2.77 bits per heavy atom. The lowest BCUT2D eigenvalue weighted by Crippen LogP contribution is -2.47. The van der Waals surface area contributed by atoms with Crippen molar-refractivity contribution in [3.63, 3.8) is 0 Å². The minimum atomic E-state index is -0.628. The first-order valence-corrected chi connectivity index (χ1v) is 7.97. The topological polar surface area (TPSA) is 84.2 Å². The Labute approximate surface area is 132 Å². The van der Waals surface area contributed by atoms with E-state index in [0.717, 1.165) is 6.42 Å². The first-order valence-electron chi connectivity index (χ1n) is 7.09. The second-order valence-electron chi connectivity index (χ2n) is 5.13. The lowest BCUT2D eigenvalue weighted by molar-refractivity contribution is -0.119. The zero-order valence-electron chi connectivity index (χ0n) is 12.8. The molecule has 0 aliphatic heterocycles. The van der Waals surface area contributed by atoms with Gasteiger partial charge in [-0.15, -0.1) is 11.3 Å². The minimum Gasteiger partial charge on any atom is -0.360 e. The van der Waals surface area contributed by atoms with Crippen LogP contribution < -0.4 is 10.6 Å². The third-order valence-electron chi connectivity index (χ3n) is 3.41. The summed E-state index contributed by atoms with van der Waals surface area (Å²) in [6, 6.07) is 4.53. The molecule has 0 aliphatic rings. The molecule has 1 unspecified atom stereocenters. The van der Waals surface area contributed by atoms with Gasteiger partial charge in [0.1, 0.15) is 11.8 Å². The van der Waals surface area contributed by atoms with E-state index in [1.54, 1.807) is 25.1 Å². The Morgan fingerprint density at radius 1 is 1.45 bits per heavy atom. The fourth-order valence-corrected chi connectivity index (χ4v) is 2.58. The van der Waals surface area contributed by atoms with Crippen molar-refractivity contribution in [3.8, 4) is 0 Å². The van der Waals surface area contributed by atoms with Crippen LogP contribution in [0.4, 0.5) is 5.82 Å². The number of aromatic nitrogens is 1. The molecule has 118 valence electrons. The summed E-state index contributed by atoms with van der Waals surface area (Å²) in [5, 5.41) is 11.0. The Balaban J connectivity index is 2.08. The molecule has 2 heterocycles. The standard InChI is InChI=1S/C15H19N3O3S/c1-4-9(2)13(17-14(19)11-6-5-7-22-11)15(20)16-12-8-10(3)21-18-12/h5-9,13H,4H2,1-3H3,(H,17,19)(H,16,18,20)/t9?,13-/m0/s1. The molecule has 22 heavy (non-hydrogen) atoms. The summed E-state index contributed by atoms with van der Waals surface area (Å²) in [7, 11) is 0. The van der Waals surface area contributed by atoms with Crippen molar-refractivity contribution in [2.24, 2.45) is 5.92 Å². The predicted molar refractivity (Wildman–Crippen MR) is 84.9 cm³/mol. The summed E-state index contributed by atoms with van der Waals surface area (Å²) in [6.07, 6.45) is 0.765. The predicted octanol–water partition coefficient (Wildman–Crippen LogP) is 2.83. The highest BCUT2D eigenvalue weighted by Crippen LogP contribution is 2.14. The van der Waals surface area contributed by atoms with E-state index >= 15 is 0 Å². The number of hydrogen-bond donors (Lipinski definition) is 2. The monoisotopic (exact) mass is 321 g/mol. The highest BCUT2D eigenvalue weighted by Gasteiger charge is 2.27. The molecule has 0 bridgehead atoms. The molecule has 2 amide bonds. The second-order valence-corrected chi connectivity index (χ2v) is 6.07. The smallest absolute Gasteiger partial charge is 0.262 e. The third-order valence-corrected chi connectivity index (χ3v) is 4.27. The van der Waals surface area contributed by atoms with E-state index in [9.17, 15) is 9.59 Å². The SMILES string of the molecule is CCC(C)[C@H](NC(=O)c1cccs1)C(=O)Nc1cc(C)on1. The number of aryl methyl sites for hydroxylation is 1. The molecular formula is C15H19N3O3S. The van der Waals surface area contributed by atoms with Crippen molar-refractivity contribution in [2.45, 2.75) is 33.2 Å². The Bertz CT molecular complexity index is 636. The van der Waals surface area contributed by atoms with Crippen molar-refractivity contribution in [2.75, 3.05) is 5.32 Å². The van der Waals surface area contributed by atoms with Gasteiger partial charge in [0, 0.05) is 6.07 Å². The van der Waals surface area contributed by atoms with Crippen LogP contribution >= 0.6 is 11.3 Å². The molecule has 0 aromatic carbocycles. The van der Waals surface area contributed by atoms with Gasteiger partial charge in [-0.2, -0.15) is 0 Å². The number of amides is 2. The molecule has 0 saturated heterocycles. The maximum Gasteiger partial charge on any atom is 0.262 e. The summed E-state index contributed by atoms with van der Waals surface area (Å²) in [5.41, 5.74) is 0. The number of anilines is 1. The normalized spacial score (nSPS) is 13.4. The van der Waals surface area contributed by atoms with E-state index in [4.69, 9.17) is 4.52 Å². The number of carbonyl (C=O) groups is 2. The van der Waals surface area contributed by atoms with Gasteiger partial charge in [0.05, 0.1) is 4.88 Å². The summed E-state index contributed by atoms with van der Waals surface area (Å²) >= 11 is 1.34. The Hall–Kier alpha value is -2.15. The molecule has 2 aromatic rings. The maximum absolute atomic E-state index is 12.4. The van der Waals surface area contributed by atoms with Gasteiger partial charge >= 0.3 is 0 Å². The molecule has 0 aliphatic carbocycles. The van der Waals surface area contributed by atoms with Crippen molar-refractivity contribution >= 4 is 29.0 Å². The summed E-state index contributed by atoms with van der Waals surface area (Å²) in [6.45, 7) is 5.64. The van der Waals surface area contributed by atoms with Crippen LogP contribution in [-0.2, 0) is 4.79 Å². The van der Waals surface area contributed by atoms with Crippen LogP contribution in [0.25, 0.3) is 0 Å². The molecule has 2 rings (SSSR count). The molecule has 0 radical (unpaired) electrons. The molecule has 2 N–H and O–H groups in total. The van der Waals surface area contributed by atoms with E-state index in [1.165, 1.54) is 11.3 Å². The van der Waals surface area contributed by atoms with Crippen LogP contribution in [0, 0.1) is 12.8 Å². The molecule has 2 atom stereocenters. The number of thiophene rings is 1. The number of nitrogens with one attached hydrogen (secondary N) is 2. The van der Waals surface area contributed by atoms with Crippen LogP contribution in [0.15, 0.2) is 28.1 Å². The van der Waals surface area contributed by atoms with E-state index in [2.05, 4.69) is 15.8 Å². The largest absolute Gasteiger partial charge is 0.360 e. The van der Waals surface area contributed by atoms with Gasteiger partial charge in [-0.1, -0.05) is 31.5 Å². The molecule has 0 fully saturated rings. The highest BCUT2D eigenvalue weighted by atomic mass is 32.1. The van der Waals surface area contributed by atoms with Gasteiger partial charge in [-0.05, 0) is 24.3 Å². The van der Waals surface area contributed by atoms with Gasteiger partial charge in [0.25, 0.3) is 5.91 Å². The van der Waals surface area contributed by atoms with Gasteiger partial charge in [0.15, 0.2) is 5.82 Å². The minimum absolute atomic E-state index is 0.00286. The molecule has 2 aromatic heterocycles. The van der Waals surface area contributed by atoms with Crippen LogP contribution in [0.3, 0.4) is 0 Å². The zero-order valence-corrected chi connectivity index (χ0v) is 13.6.